The van der Waals surface area contributed by atoms with Crippen LogP contribution in [0.2, 0.25) is 0 Å². The summed E-state index contributed by atoms with van der Waals surface area (Å²) in [7, 11) is 1.76. The Bertz CT molecular complexity index is 358. The van der Waals surface area contributed by atoms with Crippen LogP contribution in [0.15, 0.2) is 24.3 Å². The van der Waals surface area contributed by atoms with Gasteiger partial charge in [-0.2, -0.15) is 0 Å². The molecule has 18 heavy (non-hydrogen) atoms. The standard InChI is InChI=1S/C16H25NO/c1-3-17(15-10-5-4-6-11-15)13-14-9-7-8-12-16(14)18-2/h7-9,12,15H,3-6,10-11,13H2,1-2H3. The maximum Gasteiger partial charge on any atom is 0.123 e. The minimum atomic E-state index is 0.772. The highest BCUT2D eigenvalue weighted by atomic mass is 16.5. The van der Waals surface area contributed by atoms with Gasteiger partial charge in [-0.25, -0.2) is 0 Å². The van der Waals surface area contributed by atoms with Crippen LogP contribution >= 0.6 is 0 Å². The van der Waals surface area contributed by atoms with Crippen molar-refractivity contribution in [1.29, 1.82) is 0 Å². The zero-order valence-corrected chi connectivity index (χ0v) is 11.7. The van der Waals surface area contributed by atoms with E-state index >= 15 is 0 Å². The summed E-state index contributed by atoms with van der Waals surface area (Å²) in [4.78, 5) is 2.61. The molecule has 0 aliphatic heterocycles. The number of methoxy groups -OCH3 is 1. The lowest BCUT2D eigenvalue weighted by atomic mass is 9.94. The van der Waals surface area contributed by atoms with E-state index in [1.165, 1.54) is 37.7 Å². The van der Waals surface area contributed by atoms with Gasteiger partial charge < -0.3 is 4.74 Å². The molecule has 100 valence electrons. The van der Waals surface area contributed by atoms with Crippen molar-refractivity contribution in [2.75, 3.05) is 13.7 Å². The third kappa shape index (κ3) is 3.26. The number of rotatable bonds is 5. The Kier molecular flexibility index (Phi) is 5.06. The number of nitrogens with zero attached hydrogens (tertiary/aromatic N) is 1. The number of benzene rings is 1. The van der Waals surface area contributed by atoms with Gasteiger partial charge in [-0.05, 0) is 25.5 Å². The highest BCUT2D eigenvalue weighted by molar-refractivity contribution is 5.33. The monoisotopic (exact) mass is 247 g/mol. The van der Waals surface area contributed by atoms with Crippen LogP contribution in [-0.2, 0) is 6.54 Å². The second-order valence-electron chi connectivity index (χ2n) is 5.17. The van der Waals surface area contributed by atoms with E-state index in [0.29, 0.717) is 0 Å². The Morgan fingerprint density at radius 3 is 2.56 bits per heavy atom. The SMILES string of the molecule is CCN(Cc1ccccc1OC)C1CCCCC1. The van der Waals surface area contributed by atoms with Gasteiger partial charge in [0.15, 0.2) is 0 Å². The summed E-state index contributed by atoms with van der Waals surface area (Å²) in [5.41, 5.74) is 1.31. The van der Waals surface area contributed by atoms with E-state index in [4.69, 9.17) is 4.74 Å². The van der Waals surface area contributed by atoms with E-state index in [2.05, 4.69) is 30.0 Å². The number of hydrogen-bond acceptors (Lipinski definition) is 2. The van der Waals surface area contributed by atoms with Gasteiger partial charge in [0.1, 0.15) is 5.75 Å². The first-order valence-electron chi connectivity index (χ1n) is 7.21. The van der Waals surface area contributed by atoms with E-state index < -0.39 is 0 Å². The van der Waals surface area contributed by atoms with Crippen LogP contribution in [0, 0.1) is 0 Å². The van der Waals surface area contributed by atoms with Crippen molar-refractivity contribution in [3.63, 3.8) is 0 Å². The van der Waals surface area contributed by atoms with Gasteiger partial charge in [-0.3, -0.25) is 4.90 Å². The number of ether oxygens (including phenoxy) is 1. The Hall–Kier alpha value is -1.02. The molecular formula is C16H25NO. The first kappa shape index (κ1) is 13.4. The largest absolute Gasteiger partial charge is 0.496 e. The highest BCUT2D eigenvalue weighted by Crippen LogP contribution is 2.26. The number of para-hydroxylation sites is 1. The van der Waals surface area contributed by atoms with Gasteiger partial charge in [0, 0.05) is 18.2 Å². The Balaban J connectivity index is 2.04. The van der Waals surface area contributed by atoms with Gasteiger partial charge in [-0.1, -0.05) is 44.4 Å². The molecule has 1 aliphatic rings. The minimum Gasteiger partial charge on any atom is -0.496 e. The molecule has 1 aromatic rings. The average molecular weight is 247 g/mol. The van der Waals surface area contributed by atoms with Crippen LogP contribution in [0.25, 0.3) is 0 Å². The molecule has 2 rings (SSSR count). The van der Waals surface area contributed by atoms with Gasteiger partial charge in [0.2, 0.25) is 0 Å². The molecule has 0 spiro atoms. The van der Waals surface area contributed by atoms with Crippen LogP contribution in [0.1, 0.15) is 44.6 Å². The first-order chi connectivity index (χ1) is 8.85. The van der Waals surface area contributed by atoms with Crippen molar-refractivity contribution in [2.45, 2.75) is 51.6 Å². The van der Waals surface area contributed by atoms with E-state index in [1.54, 1.807) is 7.11 Å². The molecule has 2 nitrogen and oxygen atoms in total. The van der Waals surface area contributed by atoms with E-state index in [-0.39, 0.29) is 0 Å². The van der Waals surface area contributed by atoms with E-state index in [9.17, 15) is 0 Å². The molecule has 1 saturated carbocycles. The van der Waals surface area contributed by atoms with Crippen LogP contribution in [0.5, 0.6) is 5.75 Å². The zero-order valence-electron chi connectivity index (χ0n) is 11.7. The van der Waals surface area contributed by atoms with Gasteiger partial charge >= 0.3 is 0 Å². The van der Waals surface area contributed by atoms with E-state index in [1.807, 2.05) is 6.07 Å². The molecule has 2 heteroatoms. The molecule has 0 bridgehead atoms. The van der Waals surface area contributed by atoms with Crippen LogP contribution in [-0.4, -0.2) is 24.6 Å². The molecule has 0 saturated heterocycles. The van der Waals surface area contributed by atoms with Crippen molar-refractivity contribution >= 4 is 0 Å². The Labute approximate surface area is 111 Å². The predicted molar refractivity (Wildman–Crippen MR) is 76.0 cm³/mol. The van der Waals surface area contributed by atoms with Crippen molar-refractivity contribution in [3.8, 4) is 5.75 Å². The summed E-state index contributed by atoms with van der Waals surface area (Å²) >= 11 is 0. The van der Waals surface area contributed by atoms with Gasteiger partial charge in [-0.15, -0.1) is 0 Å². The molecule has 0 atom stereocenters. The fourth-order valence-corrected chi connectivity index (χ4v) is 3.00. The number of hydrogen-bond donors (Lipinski definition) is 0. The molecule has 0 amide bonds. The van der Waals surface area contributed by atoms with Crippen molar-refractivity contribution in [1.82, 2.24) is 4.90 Å². The zero-order chi connectivity index (χ0) is 12.8. The van der Waals surface area contributed by atoms with Crippen LogP contribution in [0.4, 0.5) is 0 Å². The van der Waals surface area contributed by atoms with Crippen molar-refractivity contribution < 1.29 is 4.74 Å². The molecule has 0 heterocycles. The quantitative estimate of drug-likeness (QED) is 0.783. The third-order valence-electron chi connectivity index (χ3n) is 4.06. The lowest BCUT2D eigenvalue weighted by Crippen LogP contribution is -2.36. The fourth-order valence-electron chi connectivity index (χ4n) is 3.00. The predicted octanol–water partition coefficient (Wildman–Crippen LogP) is 3.85. The summed E-state index contributed by atoms with van der Waals surface area (Å²) in [5, 5.41) is 0. The highest BCUT2D eigenvalue weighted by Gasteiger charge is 2.20. The summed E-state index contributed by atoms with van der Waals surface area (Å²) in [5.74, 6) is 1.02. The average Bonchev–Trinajstić information content (AvgIpc) is 2.46. The lowest BCUT2D eigenvalue weighted by molar-refractivity contribution is 0.154. The third-order valence-corrected chi connectivity index (χ3v) is 4.06. The molecular weight excluding hydrogens is 222 g/mol. The molecule has 0 unspecified atom stereocenters. The Morgan fingerprint density at radius 2 is 1.89 bits per heavy atom. The van der Waals surface area contributed by atoms with Crippen molar-refractivity contribution in [3.05, 3.63) is 29.8 Å². The van der Waals surface area contributed by atoms with Crippen LogP contribution in [0.3, 0.4) is 0 Å². The van der Waals surface area contributed by atoms with Gasteiger partial charge in [0.25, 0.3) is 0 Å². The first-order valence-corrected chi connectivity index (χ1v) is 7.21. The van der Waals surface area contributed by atoms with Crippen LogP contribution < -0.4 is 4.74 Å². The smallest absolute Gasteiger partial charge is 0.123 e. The minimum absolute atomic E-state index is 0.772. The maximum atomic E-state index is 5.45. The molecule has 0 radical (unpaired) electrons. The molecule has 1 aromatic carbocycles. The fraction of sp³-hybridized carbons (Fsp3) is 0.625. The lowest BCUT2D eigenvalue weighted by Gasteiger charge is -2.33. The molecule has 0 N–H and O–H groups in total. The topological polar surface area (TPSA) is 12.5 Å². The Morgan fingerprint density at radius 1 is 1.17 bits per heavy atom. The second kappa shape index (κ2) is 6.79. The summed E-state index contributed by atoms with van der Waals surface area (Å²) in [6, 6.07) is 9.16. The van der Waals surface area contributed by atoms with Crippen molar-refractivity contribution in [2.24, 2.45) is 0 Å². The van der Waals surface area contributed by atoms with Gasteiger partial charge in [0.05, 0.1) is 7.11 Å². The molecule has 1 aliphatic carbocycles. The summed E-state index contributed by atoms with van der Waals surface area (Å²) in [6.07, 6.45) is 6.94. The molecule has 1 fully saturated rings. The maximum absolute atomic E-state index is 5.45. The normalized spacial score (nSPS) is 17.1. The summed E-state index contributed by atoms with van der Waals surface area (Å²) < 4.78 is 5.45. The second-order valence-corrected chi connectivity index (χ2v) is 5.17. The molecule has 0 aromatic heterocycles. The van der Waals surface area contributed by atoms with E-state index in [0.717, 1.165) is 24.9 Å². The summed E-state index contributed by atoms with van der Waals surface area (Å²) in [6.45, 7) is 4.41.